The molecule has 1 atom stereocenters. The van der Waals surface area contributed by atoms with Crippen molar-refractivity contribution in [1.82, 2.24) is 0 Å². The van der Waals surface area contributed by atoms with Gasteiger partial charge in [-0.15, -0.1) is 0 Å². The molecule has 0 saturated heterocycles. The molecule has 1 aliphatic heterocycles. The Bertz CT molecular complexity index is 761. The highest BCUT2D eigenvalue weighted by molar-refractivity contribution is 6.54. The molecule has 0 spiro atoms. The van der Waals surface area contributed by atoms with E-state index in [-0.39, 0.29) is 6.04 Å². The zero-order chi connectivity index (χ0) is 16.2. The van der Waals surface area contributed by atoms with Crippen LogP contribution < -0.4 is 11.2 Å². The first-order chi connectivity index (χ1) is 11.2. The molecule has 0 aliphatic carbocycles. The third-order valence-electron chi connectivity index (χ3n) is 4.22. The van der Waals surface area contributed by atoms with Crippen molar-refractivity contribution in [2.45, 2.75) is 32.9 Å². The van der Waals surface area contributed by atoms with Crippen LogP contribution in [0.4, 0.5) is 5.69 Å². The molecule has 0 radical (unpaired) electrons. The van der Waals surface area contributed by atoms with E-state index in [2.05, 4.69) is 42.5 Å². The Morgan fingerprint density at radius 2 is 1.74 bits per heavy atom. The molecule has 4 nitrogen and oxygen atoms in total. The minimum absolute atomic E-state index is 0.217. The number of hydrogen-bond acceptors (Lipinski definition) is 4. The first-order valence-corrected chi connectivity index (χ1v) is 8.02. The van der Waals surface area contributed by atoms with E-state index in [4.69, 9.17) is 10.8 Å². The van der Waals surface area contributed by atoms with Gasteiger partial charge in [-0.3, -0.25) is 4.99 Å². The molecule has 0 bridgehead atoms. The van der Waals surface area contributed by atoms with Gasteiger partial charge in [0.2, 0.25) is 0 Å². The van der Waals surface area contributed by atoms with Crippen LogP contribution in [0.25, 0.3) is 0 Å². The molecule has 0 aromatic heterocycles. The highest BCUT2D eigenvalue weighted by Crippen LogP contribution is 2.25. The van der Waals surface area contributed by atoms with Crippen LogP contribution in [0.3, 0.4) is 0 Å². The number of hydrogen-bond donors (Lipinski definition) is 2. The van der Waals surface area contributed by atoms with E-state index < -0.39 is 0 Å². The normalized spacial score (nSPS) is 18.5. The quantitative estimate of drug-likeness (QED) is 0.658. The summed E-state index contributed by atoms with van der Waals surface area (Å²) in [6.07, 6.45) is 0.976. The van der Waals surface area contributed by atoms with E-state index >= 15 is 0 Å². The highest BCUT2D eigenvalue weighted by Gasteiger charge is 2.22. The van der Waals surface area contributed by atoms with Crippen LogP contribution in [0.2, 0.25) is 0 Å². The summed E-state index contributed by atoms with van der Waals surface area (Å²) < 4.78 is 0. The van der Waals surface area contributed by atoms with Crippen molar-refractivity contribution in [3.8, 4) is 0 Å². The molecule has 1 heterocycles. The number of nitrogens with zero attached hydrogens (tertiary/aromatic N) is 2. The number of anilines is 1. The second-order valence-electron chi connectivity index (χ2n) is 5.77. The summed E-state index contributed by atoms with van der Waals surface area (Å²) in [4.78, 5) is 4.93. The van der Waals surface area contributed by atoms with E-state index in [1.807, 2.05) is 30.3 Å². The fourth-order valence-electron chi connectivity index (χ4n) is 2.77. The van der Waals surface area contributed by atoms with Gasteiger partial charge in [0.15, 0.2) is 0 Å². The monoisotopic (exact) mass is 306 g/mol. The lowest BCUT2D eigenvalue weighted by atomic mass is 9.92. The van der Waals surface area contributed by atoms with E-state index in [0.29, 0.717) is 0 Å². The number of fused-ring (bicyclic) bond motifs is 2. The van der Waals surface area contributed by atoms with Gasteiger partial charge in [0, 0.05) is 29.4 Å². The minimum Gasteiger partial charge on any atom is -0.380 e. The summed E-state index contributed by atoms with van der Waals surface area (Å²) in [5.74, 6) is 5.78. The van der Waals surface area contributed by atoms with Gasteiger partial charge in [-0.05, 0) is 25.0 Å². The lowest BCUT2D eigenvalue weighted by molar-refractivity contribution is 0.718. The zero-order valence-electron chi connectivity index (χ0n) is 13.6. The molecule has 0 saturated carbocycles. The minimum atomic E-state index is 0.217. The molecular formula is C19H22N4. The molecule has 2 aromatic carbocycles. The SMILES string of the molecule is CCC(C)N=C1C(=NN)c2ccccc2NCc2ccccc21. The molecule has 118 valence electrons. The van der Waals surface area contributed by atoms with Gasteiger partial charge in [-0.25, -0.2) is 0 Å². The Morgan fingerprint density at radius 1 is 1.04 bits per heavy atom. The molecule has 2 aromatic rings. The summed E-state index contributed by atoms with van der Waals surface area (Å²) >= 11 is 0. The van der Waals surface area contributed by atoms with Crippen LogP contribution in [0.15, 0.2) is 58.6 Å². The summed E-state index contributed by atoms with van der Waals surface area (Å²) in [6, 6.07) is 16.6. The smallest absolute Gasteiger partial charge is 0.118 e. The molecule has 3 rings (SSSR count). The van der Waals surface area contributed by atoms with Crippen LogP contribution in [0, 0.1) is 0 Å². The summed E-state index contributed by atoms with van der Waals surface area (Å²) in [5.41, 5.74) is 5.94. The molecule has 3 N–H and O–H groups in total. The first kappa shape index (κ1) is 15.3. The number of hydrazone groups is 1. The van der Waals surface area contributed by atoms with Crippen LogP contribution in [0.5, 0.6) is 0 Å². The van der Waals surface area contributed by atoms with Crippen molar-refractivity contribution < 1.29 is 0 Å². The fraction of sp³-hybridized carbons (Fsp3) is 0.263. The van der Waals surface area contributed by atoms with Gasteiger partial charge < -0.3 is 11.2 Å². The number of nitrogens with one attached hydrogen (secondary N) is 1. The molecule has 1 unspecified atom stereocenters. The zero-order valence-corrected chi connectivity index (χ0v) is 13.6. The molecule has 4 heteroatoms. The molecule has 0 amide bonds. The van der Waals surface area contributed by atoms with Crippen molar-refractivity contribution in [3.05, 3.63) is 65.2 Å². The predicted molar refractivity (Wildman–Crippen MR) is 97.2 cm³/mol. The van der Waals surface area contributed by atoms with Gasteiger partial charge in [-0.1, -0.05) is 49.4 Å². The fourth-order valence-corrected chi connectivity index (χ4v) is 2.77. The third kappa shape index (κ3) is 2.97. The lowest BCUT2D eigenvalue weighted by Gasteiger charge is -2.22. The number of nitrogens with two attached hydrogens (primary N) is 1. The number of rotatable bonds is 2. The Morgan fingerprint density at radius 3 is 2.48 bits per heavy atom. The van der Waals surface area contributed by atoms with Crippen LogP contribution in [-0.4, -0.2) is 17.5 Å². The molecule has 0 fully saturated rings. The Labute approximate surface area is 137 Å². The van der Waals surface area contributed by atoms with Gasteiger partial charge in [-0.2, -0.15) is 5.10 Å². The van der Waals surface area contributed by atoms with Gasteiger partial charge >= 0.3 is 0 Å². The van der Waals surface area contributed by atoms with E-state index in [9.17, 15) is 0 Å². The standard InChI is InChI=1S/C19H22N4/c1-3-13(2)22-18-15-9-5-4-8-14(15)12-21-17-11-7-6-10-16(17)19(18)23-20/h4-11,13,21H,3,12,20H2,1-2H3. The van der Waals surface area contributed by atoms with Crippen molar-refractivity contribution >= 4 is 17.1 Å². The maximum absolute atomic E-state index is 5.78. The average Bonchev–Trinajstić information content (AvgIpc) is 2.59. The van der Waals surface area contributed by atoms with Gasteiger partial charge in [0.05, 0.1) is 5.71 Å². The number of aliphatic imine (C=N–C) groups is 1. The van der Waals surface area contributed by atoms with E-state index in [1.54, 1.807) is 0 Å². The predicted octanol–water partition coefficient (Wildman–Crippen LogP) is 3.56. The highest BCUT2D eigenvalue weighted by atomic mass is 15.1. The largest absolute Gasteiger partial charge is 0.380 e. The van der Waals surface area contributed by atoms with Crippen molar-refractivity contribution in [2.24, 2.45) is 15.9 Å². The maximum Gasteiger partial charge on any atom is 0.118 e. The summed E-state index contributed by atoms with van der Waals surface area (Å²) in [7, 11) is 0. The van der Waals surface area contributed by atoms with Crippen LogP contribution >= 0.6 is 0 Å². The second kappa shape index (κ2) is 6.65. The molecule has 23 heavy (non-hydrogen) atoms. The van der Waals surface area contributed by atoms with E-state index in [0.717, 1.165) is 41.2 Å². The third-order valence-corrected chi connectivity index (χ3v) is 4.22. The van der Waals surface area contributed by atoms with Gasteiger partial charge in [0.1, 0.15) is 5.71 Å². The van der Waals surface area contributed by atoms with Crippen LogP contribution in [0.1, 0.15) is 37.0 Å². The molecular weight excluding hydrogens is 284 g/mol. The van der Waals surface area contributed by atoms with Crippen LogP contribution in [-0.2, 0) is 6.54 Å². The molecule has 1 aliphatic rings. The van der Waals surface area contributed by atoms with Crippen molar-refractivity contribution in [3.63, 3.8) is 0 Å². The van der Waals surface area contributed by atoms with Crippen molar-refractivity contribution in [2.75, 3.05) is 5.32 Å². The number of benzene rings is 2. The topological polar surface area (TPSA) is 62.8 Å². The summed E-state index contributed by atoms with van der Waals surface area (Å²) in [6.45, 7) is 5.01. The Hall–Kier alpha value is -2.62. The lowest BCUT2D eigenvalue weighted by Crippen LogP contribution is -2.26. The summed E-state index contributed by atoms with van der Waals surface area (Å²) in [5, 5.41) is 7.59. The second-order valence-corrected chi connectivity index (χ2v) is 5.77. The number of para-hydroxylation sites is 1. The van der Waals surface area contributed by atoms with E-state index in [1.165, 1.54) is 5.56 Å². The maximum atomic E-state index is 5.78. The Balaban J connectivity index is 2.25. The van der Waals surface area contributed by atoms with Gasteiger partial charge in [0.25, 0.3) is 0 Å². The Kier molecular flexibility index (Phi) is 4.42. The first-order valence-electron chi connectivity index (χ1n) is 8.02. The average molecular weight is 306 g/mol. The van der Waals surface area contributed by atoms with Crippen molar-refractivity contribution in [1.29, 1.82) is 0 Å².